The van der Waals surface area contributed by atoms with Gasteiger partial charge in [-0.3, -0.25) is 0 Å². The van der Waals surface area contributed by atoms with E-state index in [4.69, 9.17) is 4.74 Å². The Morgan fingerprint density at radius 2 is 1.96 bits per heavy atom. The van der Waals surface area contributed by atoms with Crippen LogP contribution in [0, 0.1) is 5.41 Å². The molecule has 0 atom stereocenters. The van der Waals surface area contributed by atoms with Crippen molar-refractivity contribution in [3.8, 4) is 0 Å². The van der Waals surface area contributed by atoms with Crippen LogP contribution in [0.2, 0.25) is 0 Å². The minimum Gasteiger partial charge on any atom is -0.384 e. The van der Waals surface area contributed by atoms with Crippen molar-refractivity contribution in [2.75, 3.05) is 33.4 Å². The molecule has 0 aromatic carbocycles. The fourth-order valence-electron chi connectivity index (χ4n) is 2.82. The van der Waals surface area contributed by atoms with Gasteiger partial charge in [-0.1, -0.05) is 20.8 Å². The molecule has 1 aliphatic heterocycles. The van der Waals surface area contributed by atoms with Crippen LogP contribution in [0.1, 0.15) is 38.5 Å². The first-order chi connectivity index (χ1) is 10.7. The van der Waals surface area contributed by atoms with Crippen LogP contribution in [0.15, 0.2) is 16.3 Å². The number of methoxy groups -OCH3 is 1. The lowest BCUT2D eigenvalue weighted by molar-refractivity contribution is 0.0577. The summed E-state index contributed by atoms with van der Waals surface area (Å²) in [6.45, 7) is 9.07. The number of nitrogens with one attached hydrogen (secondary N) is 2. The van der Waals surface area contributed by atoms with E-state index in [0.29, 0.717) is 17.4 Å². The Kier molecular flexibility index (Phi) is 5.90. The largest absolute Gasteiger partial charge is 0.384 e. The highest BCUT2D eigenvalue weighted by Gasteiger charge is 2.34. The average molecular weight is 361 g/mol. The van der Waals surface area contributed by atoms with Gasteiger partial charge in [0.1, 0.15) is 4.21 Å². The first kappa shape index (κ1) is 18.9. The zero-order valence-electron chi connectivity index (χ0n) is 14.4. The topological polar surface area (TPSA) is 67.4 Å². The molecular weight excluding hydrogens is 332 g/mol. The van der Waals surface area contributed by atoms with Gasteiger partial charge in [0.05, 0.1) is 6.61 Å². The Labute approximate surface area is 143 Å². The van der Waals surface area contributed by atoms with Gasteiger partial charge in [0, 0.05) is 23.9 Å². The molecule has 1 fully saturated rings. The molecule has 2 rings (SSSR count). The number of piperidine rings is 1. The second kappa shape index (κ2) is 7.19. The van der Waals surface area contributed by atoms with Gasteiger partial charge >= 0.3 is 0 Å². The van der Waals surface area contributed by atoms with Crippen molar-refractivity contribution in [2.24, 2.45) is 5.41 Å². The van der Waals surface area contributed by atoms with E-state index >= 15 is 0 Å². The minimum absolute atomic E-state index is 0.0370. The maximum absolute atomic E-state index is 12.6. The number of ether oxygens (including phenoxy) is 1. The zero-order valence-corrected chi connectivity index (χ0v) is 16.1. The molecule has 0 radical (unpaired) electrons. The standard InChI is InChI=1S/C16H28N2O3S2/c1-15(2,3)13-5-6-14(22-13)23(19,20)18-11-16(12-21-4)7-9-17-10-8-16/h5-6,17-18H,7-12H2,1-4H3. The van der Waals surface area contributed by atoms with E-state index in [2.05, 4.69) is 30.8 Å². The highest BCUT2D eigenvalue weighted by molar-refractivity contribution is 7.91. The molecule has 132 valence electrons. The van der Waals surface area contributed by atoms with E-state index in [9.17, 15) is 8.42 Å². The maximum atomic E-state index is 12.6. The number of hydrogen-bond donors (Lipinski definition) is 2. The Hall–Kier alpha value is -0.470. The third kappa shape index (κ3) is 4.76. The molecule has 0 saturated carbocycles. The summed E-state index contributed by atoms with van der Waals surface area (Å²) < 4.78 is 33.8. The van der Waals surface area contributed by atoms with E-state index < -0.39 is 10.0 Å². The van der Waals surface area contributed by atoms with Gasteiger partial charge in [0.25, 0.3) is 0 Å². The van der Waals surface area contributed by atoms with E-state index in [1.807, 2.05) is 6.07 Å². The monoisotopic (exact) mass is 360 g/mol. The Morgan fingerprint density at radius 1 is 1.30 bits per heavy atom. The van der Waals surface area contributed by atoms with E-state index in [1.165, 1.54) is 11.3 Å². The van der Waals surface area contributed by atoms with Gasteiger partial charge in [-0.05, 0) is 43.5 Å². The van der Waals surface area contributed by atoms with Crippen LogP contribution in [0.25, 0.3) is 0 Å². The molecule has 0 spiro atoms. The summed E-state index contributed by atoms with van der Waals surface area (Å²) in [7, 11) is -1.79. The normalized spacial score (nSPS) is 19.0. The highest BCUT2D eigenvalue weighted by atomic mass is 32.2. The lowest BCUT2D eigenvalue weighted by Crippen LogP contribution is -2.47. The maximum Gasteiger partial charge on any atom is 0.250 e. The summed E-state index contributed by atoms with van der Waals surface area (Å²) in [4.78, 5) is 1.08. The van der Waals surface area contributed by atoms with E-state index in [-0.39, 0.29) is 10.8 Å². The number of thiophene rings is 1. The van der Waals surface area contributed by atoms with Gasteiger partial charge in [0.2, 0.25) is 10.0 Å². The second-order valence-electron chi connectivity index (χ2n) is 7.38. The molecule has 7 heteroatoms. The van der Waals surface area contributed by atoms with Crippen LogP contribution in [0.4, 0.5) is 0 Å². The third-order valence-electron chi connectivity index (χ3n) is 4.34. The van der Waals surface area contributed by atoms with Crippen molar-refractivity contribution >= 4 is 21.4 Å². The quantitative estimate of drug-likeness (QED) is 0.817. The van der Waals surface area contributed by atoms with Crippen molar-refractivity contribution in [1.29, 1.82) is 0 Å². The Bertz CT molecular complexity index is 606. The Morgan fingerprint density at radius 3 is 2.48 bits per heavy atom. The number of hydrogen-bond acceptors (Lipinski definition) is 5. The molecule has 1 aromatic rings. The van der Waals surface area contributed by atoms with Crippen LogP contribution < -0.4 is 10.0 Å². The summed E-state index contributed by atoms with van der Waals surface area (Å²) in [6, 6.07) is 3.62. The number of sulfonamides is 1. The molecule has 2 heterocycles. The van der Waals surface area contributed by atoms with Crippen molar-refractivity contribution < 1.29 is 13.2 Å². The highest BCUT2D eigenvalue weighted by Crippen LogP contribution is 2.33. The van der Waals surface area contributed by atoms with Crippen molar-refractivity contribution in [2.45, 2.75) is 43.2 Å². The summed E-state index contributed by atoms with van der Waals surface area (Å²) in [6.07, 6.45) is 1.84. The lowest BCUT2D eigenvalue weighted by atomic mass is 9.80. The first-order valence-corrected chi connectivity index (χ1v) is 10.3. The molecule has 0 aliphatic carbocycles. The predicted molar refractivity (Wildman–Crippen MR) is 94.6 cm³/mol. The van der Waals surface area contributed by atoms with Crippen molar-refractivity contribution in [3.05, 3.63) is 17.0 Å². The average Bonchev–Trinajstić information content (AvgIpc) is 2.98. The summed E-state index contributed by atoms with van der Waals surface area (Å²) >= 11 is 1.35. The van der Waals surface area contributed by atoms with Crippen molar-refractivity contribution in [1.82, 2.24) is 10.0 Å². The van der Waals surface area contributed by atoms with E-state index in [1.54, 1.807) is 13.2 Å². The lowest BCUT2D eigenvalue weighted by Gasteiger charge is -2.37. The van der Waals surface area contributed by atoms with Crippen LogP contribution in [-0.4, -0.2) is 41.8 Å². The van der Waals surface area contributed by atoms with Gasteiger partial charge < -0.3 is 10.1 Å². The first-order valence-electron chi connectivity index (χ1n) is 7.98. The summed E-state index contributed by atoms with van der Waals surface area (Å²) in [5.41, 5.74) is -0.151. The van der Waals surface area contributed by atoms with Gasteiger partial charge in [-0.25, -0.2) is 13.1 Å². The fraction of sp³-hybridized carbons (Fsp3) is 0.750. The van der Waals surface area contributed by atoms with Gasteiger partial charge in [-0.2, -0.15) is 0 Å². The van der Waals surface area contributed by atoms with Crippen LogP contribution in [-0.2, 0) is 20.2 Å². The van der Waals surface area contributed by atoms with Crippen LogP contribution >= 0.6 is 11.3 Å². The van der Waals surface area contributed by atoms with Gasteiger partial charge in [0.15, 0.2) is 0 Å². The summed E-state index contributed by atoms with van der Waals surface area (Å²) in [5, 5.41) is 3.32. The van der Waals surface area contributed by atoms with Crippen LogP contribution in [0.5, 0.6) is 0 Å². The molecule has 2 N–H and O–H groups in total. The molecule has 1 aliphatic rings. The molecule has 5 nitrogen and oxygen atoms in total. The molecular formula is C16H28N2O3S2. The SMILES string of the molecule is COCC1(CNS(=O)(=O)c2ccc(C(C)(C)C)s2)CCNCC1. The zero-order chi connectivity index (χ0) is 17.1. The fourth-order valence-corrected chi connectivity index (χ4v) is 5.39. The molecule has 0 unspecified atom stereocenters. The van der Waals surface area contributed by atoms with Crippen molar-refractivity contribution in [3.63, 3.8) is 0 Å². The third-order valence-corrected chi connectivity index (χ3v) is 7.74. The molecule has 23 heavy (non-hydrogen) atoms. The predicted octanol–water partition coefficient (Wildman–Crippen LogP) is 2.34. The summed E-state index contributed by atoms with van der Waals surface area (Å²) in [5.74, 6) is 0. The smallest absolute Gasteiger partial charge is 0.250 e. The molecule has 0 amide bonds. The Balaban J connectivity index is 2.09. The minimum atomic E-state index is -3.46. The number of rotatable bonds is 6. The molecule has 0 bridgehead atoms. The van der Waals surface area contributed by atoms with E-state index in [0.717, 1.165) is 30.8 Å². The van der Waals surface area contributed by atoms with Crippen LogP contribution in [0.3, 0.4) is 0 Å². The van der Waals surface area contributed by atoms with Gasteiger partial charge in [-0.15, -0.1) is 11.3 Å². The molecule has 1 aromatic heterocycles. The molecule has 1 saturated heterocycles. The second-order valence-corrected chi connectivity index (χ2v) is 10.5.